The predicted molar refractivity (Wildman–Crippen MR) is 116 cm³/mol. The first-order chi connectivity index (χ1) is 16.3. The highest BCUT2D eigenvalue weighted by atomic mass is 19.4. The monoisotopic (exact) mass is 476 g/mol. The second-order valence-corrected chi connectivity index (χ2v) is 9.19. The van der Waals surface area contributed by atoms with E-state index >= 15 is 0 Å². The van der Waals surface area contributed by atoms with E-state index in [1.807, 2.05) is 0 Å². The molecule has 5 rings (SSSR count). The van der Waals surface area contributed by atoms with Crippen LogP contribution in [-0.2, 0) is 11.0 Å². The van der Waals surface area contributed by atoms with Crippen LogP contribution in [0.3, 0.4) is 0 Å². The number of hydrogen-bond donors (Lipinski definition) is 0. The molecule has 3 atom stereocenters. The highest BCUT2D eigenvalue weighted by Gasteiger charge is 2.41. The molecule has 2 aromatic rings. The number of amides is 1. The van der Waals surface area contributed by atoms with Crippen LogP contribution in [0.1, 0.15) is 56.2 Å². The summed E-state index contributed by atoms with van der Waals surface area (Å²) in [7, 11) is 0. The van der Waals surface area contributed by atoms with Gasteiger partial charge in [-0.05, 0) is 57.2 Å². The van der Waals surface area contributed by atoms with Gasteiger partial charge in [-0.25, -0.2) is 9.88 Å². The Morgan fingerprint density at radius 2 is 1.94 bits per heavy atom. The van der Waals surface area contributed by atoms with E-state index in [1.165, 1.54) is 12.1 Å². The normalized spacial score (nSPS) is 23.9. The summed E-state index contributed by atoms with van der Waals surface area (Å²) in [6.07, 6.45) is 2.77. The number of aromatic nitrogens is 2. The SMILES string of the molecule is CC(Oc1cccc(C(F)(F)F)c1)C(=O)N1CC[C@@H]2CC[C@H](Oc3cnc(C4CC4)cn3)N2C1. The van der Waals surface area contributed by atoms with E-state index in [0.717, 1.165) is 49.9 Å². The van der Waals surface area contributed by atoms with Gasteiger partial charge in [0.25, 0.3) is 5.91 Å². The van der Waals surface area contributed by atoms with E-state index in [0.29, 0.717) is 31.1 Å². The second-order valence-electron chi connectivity index (χ2n) is 9.19. The Morgan fingerprint density at radius 3 is 2.65 bits per heavy atom. The Labute approximate surface area is 195 Å². The molecule has 1 aromatic carbocycles. The first-order valence-corrected chi connectivity index (χ1v) is 11.6. The lowest BCUT2D eigenvalue weighted by atomic mass is 10.1. The van der Waals surface area contributed by atoms with Crippen molar-refractivity contribution in [2.75, 3.05) is 13.2 Å². The van der Waals surface area contributed by atoms with E-state index < -0.39 is 17.8 Å². The molecule has 1 aliphatic carbocycles. The lowest BCUT2D eigenvalue weighted by Crippen LogP contribution is -2.55. The van der Waals surface area contributed by atoms with E-state index in [9.17, 15) is 18.0 Å². The Hall–Kier alpha value is -2.88. The van der Waals surface area contributed by atoms with Crippen LogP contribution in [0, 0.1) is 0 Å². The first kappa shape index (κ1) is 22.9. The number of fused-ring (bicyclic) bond motifs is 1. The zero-order chi connectivity index (χ0) is 23.9. The van der Waals surface area contributed by atoms with Crippen LogP contribution >= 0.6 is 0 Å². The van der Waals surface area contributed by atoms with Crippen molar-refractivity contribution in [3.63, 3.8) is 0 Å². The standard InChI is InChI=1S/C24H27F3N4O3/c1-15(33-19-4-2-3-17(11-19)24(25,26)27)23(32)30-10-9-18-7-8-22(31(18)14-30)34-21-13-28-20(12-29-21)16-5-6-16/h2-4,11-13,15-16,18,22H,5-10,14H2,1H3/t15?,18-,22-/m0/s1. The van der Waals surface area contributed by atoms with Crippen molar-refractivity contribution in [1.29, 1.82) is 0 Å². The summed E-state index contributed by atoms with van der Waals surface area (Å²) in [6, 6.07) is 4.89. The van der Waals surface area contributed by atoms with Gasteiger partial charge < -0.3 is 14.4 Å². The second kappa shape index (κ2) is 9.05. The van der Waals surface area contributed by atoms with Crippen LogP contribution in [0.15, 0.2) is 36.7 Å². The summed E-state index contributed by atoms with van der Waals surface area (Å²) < 4.78 is 50.6. The number of carbonyl (C=O) groups excluding carboxylic acids is 1. The molecule has 1 saturated carbocycles. The summed E-state index contributed by atoms with van der Waals surface area (Å²) in [6.45, 7) is 2.50. The molecule has 3 fully saturated rings. The number of nitrogens with zero attached hydrogens (tertiary/aromatic N) is 4. The third-order valence-corrected chi connectivity index (χ3v) is 6.69. The molecule has 1 unspecified atom stereocenters. The summed E-state index contributed by atoms with van der Waals surface area (Å²) >= 11 is 0. The van der Waals surface area contributed by atoms with Crippen LogP contribution < -0.4 is 9.47 Å². The van der Waals surface area contributed by atoms with Crippen LogP contribution in [0.25, 0.3) is 0 Å². The molecule has 34 heavy (non-hydrogen) atoms. The minimum absolute atomic E-state index is 0.0150. The maximum Gasteiger partial charge on any atom is 0.416 e. The van der Waals surface area contributed by atoms with Crippen molar-refractivity contribution in [1.82, 2.24) is 19.8 Å². The molecule has 1 aromatic heterocycles. The van der Waals surface area contributed by atoms with Gasteiger partial charge in [0.1, 0.15) is 5.75 Å². The first-order valence-electron chi connectivity index (χ1n) is 11.6. The van der Waals surface area contributed by atoms with Gasteiger partial charge in [-0.15, -0.1) is 0 Å². The molecule has 3 aliphatic rings. The highest BCUT2D eigenvalue weighted by Crippen LogP contribution is 2.39. The van der Waals surface area contributed by atoms with Gasteiger partial charge in [-0.1, -0.05) is 6.07 Å². The van der Waals surface area contributed by atoms with Gasteiger partial charge in [0.15, 0.2) is 12.3 Å². The van der Waals surface area contributed by atoms with Crippen molar-refractivity contribution in [3.8, 4) is 11.6 Å². The number of benzene rings is 1. The molecule has 0 radical (unpaired) electrons. The largest absolute Gasteiger partial charge is 0.481 e. The number of alkyl halides is 3. The Bertz CT molecular complexity index is 1030. The molecule has 182 valence electrons. The number of rotatable bonds is 6. The van der Waals surface area contributed by atoms with E-state index in [1.54, 1.807) is 24.2 Å². The van der Waals surface area contributed by atoms with Crippen molar-refractivity contribution in [2.24, 2.45) is 0 Å². The van der Waals surface area contributed by atoms with Crippen molar-refractivity contribution < 1.29 is 27.4 Å². The average Bonchev–Trinajstić information content (AvgIpc) is 3.60. The number of hydrogen-bond acceptors (Lipinski definition) is 6. The number of halogens is 3. The molecule has 0 spiro atoms. The maximum atomic E-state index is 13.0. The summed E-state index contributed by atoms with van der Waals surface area (Å²) in [5, 5.41) is 0. The topological polar surface area (TPSA) is 67.8 Å². The van der Waals surface area contributed by atoms with Gasteiger partial charge in [-0.2, -0.15) is 13.2 Å². The molecular weight excluding hydrogens is 449 g/mol. The van der Waals surface area contributed by atoms with Crippen molar-refractivity contribution in [2.45, 2.75) is 69.5 Å². The predicted octanol–water partition coefficient (Wildman–Crippen LogP) is 4.20. The van der Waals surface area contributed by atoms with Gasteiger partial charge in [0, 0.05) is 18.5 Å². The Morgan fingerprint density at radius 1 is 1.12 bits per heavy atom. The fourth-order valence-corrected chi connectivity index (χ4v) is 4.67. The van der Waals surface area contributed by atoms with Gasteiger partial charge in [0.2, 0.25) is 5.88 Å². The third kappa shape index (κ3) is 4.96. The fraction of sp³-hybridized carbons (Fsp3) is 0.542. The van der Waals surface area contributed by atoms with Crippen LogP contribution in [-0.4, -0.2) is 57.3 Å². The van der Waals surface area contributed by atoms with Gasteiger partial charge in [0.05, 0.1) is 30.3 Å². The quantitative estimate of drug-likeness (QED) is 0.623. The molecule has 2 saturated heterocycles. The van der Waals surface area contributed by atoms with Gasteiger partial charge in [-0.3, -0.25) is 9.78 Å². The van der Waals surface area contributed by atoms with Crippen LogP contribution in [0.4, 0.5) is 13.2 Å². The molecule has 2 aliphatic heterocycles. The minimum atomic E-state index is -4.47. The van der Waals surface area contributed by atoms with E-state index in [2.05, 4.69) is 14.9 Å². The van der Waals surface area contributed by atoms with E-state index in [-0.39, 0.29) is 17.9 Å². The Kier molecular flexibility index (Phi) is 6.09. The summed E-state index contributed by atoms with van der Waals surface area (Å²) in [5.41, 5.74) is 0.192. The maximum absolute atomic E-state index is 13.0. The molecule has 3 heterocycles. The smallest absolute Gasteiger partial charge is 0.416 e. The molecule has 10 heteroatoms. The van der Waals surface area contributed by atoms with Gasteiger partial charge >= 0.3 is 6.18 Å². The zero-order valence-electron chi connectivity index (χ0n) is 18.9. The third-order valence-electron chi connectivity index (χ3n) is 6.69. The van der Waals surface area contributed by atoms with Crippen molar-refractivity contribution >= 4 is 5.91 Å². The average molecular weight is 476 g/mol. The number of ether oxygens (including phenoxy) is 2. The number of carbonyl (C=O) groups is 1. The summed E-state index contributed by atoms with van der Waals surface area (Å²) in [5.74, 6) is 0.746. The fourth-order valence-electron chi connectivity index (χ4n) is 4.67. The van der Waals surface area contributed by atoms with Crippen molar-refractivity contribution in [3.05, 3.63) is 47.9 Å². The lowest BCUT2D eigenvalue weighted by molar-refractivity contribution is -0.145. The zero-order valence-corrected chi connectivity index (χ0v) is 18.9. The van der Waals surface area contributed by atoms with E-state index in [4.69, 9.17) is 9.47 Å². The van der Waals surface area contributed by atoms with Crippen LogP contribution in [0.5, 0.6) is 11.6 Å². The molecule has 0 N–H and O–H groups in total. The van der Waals surface area contributed by atoms with Crippen LogP contribution in [0.2, 0.25) is 0 Å². The molecule has 0 bridgehead atoms. The molecule has 7 nitrogen and oxygen atoms in total. The minimum Gasteiger partial charge on any atom is -0.481 e. The Balaban J connectivity index is 1.20. The molecular formula is C24H27F3N4O3. The lowest BCUT2D eigenvalue weighted by Gasteiger charge is -2.40. The molecule has 1 amide bonds. The summed E-state index contributed by atoms with van der Waals surface area (Å²) in [4.78, 5) is 25.7. The highest BCUT2D eigenvalue weighted by molar-refractivity contribution is 5.81.